The number of piperidine rings is 1. The SMILES string of the molecule is O=C(Cc1ccc(N2CCC(O)(c3ccccc3)CC2)nc1)c1cc(-c2ccccc2)oc1C(F)(F)F. The van der Waals surface area contributed by atoms with Crippen LogP contribution < -0.4 is 4.90 Å². The van der Waals surface area contributed by atoms with Crippen molar-refractivity contribution in [1.29, 1.82) is 0 Å². The summed E-state index contributed by atoms with van der Waals surface area (Å²) in [5.74, 6) is -1.30. The average molecular weight is 507 g/mol. The van der Waals surface area contributed by atoms with E-state index in [1.54, 1.807) is 42.5 Å². The molecule has 5 nitrogen and oxygen atoms in total. The number of pyridine rings is 1. The van der Waals surface area contributed by atoms with E-state index < -0.39 is 28.9 Å². The van der Waals surface area contributed by atoms with Crippen LogP contribution in [-0.2, 0) is 18.2 Å². The summed E-state index contributed by atoms with van der Waals surface area (Å²) in [6.07, 6.45) is -2.43. The second-order valence-electron chi connectivity index (χ2n) is 9.23. The molecule has 190 valence electrons. The second kappa shape index (κ2) is 9.86. The number of halogens is 3. The predicted molar refractivity (Wildman–Crippen MR) is 133 cm³/mol. The summed E-state index contributed by atoms with van der Waals surface area (Å²) < 4.78 is 45.9. The summed E-state index contributed by atoms with van der Waals surface area (Å²) in [5.41, 5.74) is 0.473. The number of anilines is 1. The molecule has 1 fully saturated rings. The van der Waals surface area contributed by atoms with Gasteiger partial charge in [0, 0.05) is 31.3 Å². The predicted octanol–water partition coefficient (Wildman–Crippen LogP) is 6.27. The van der Waals surface area contributed by atoms with Gasteiger partial charge in [0.25, 0.3) is 0 Å². The van der Waals surface area contributed by atoms with Crippen LogP contribution in [0.3, 0.4) is 0 Å². The first-order chi connectivity index (χ1) is 17.7. The van der Waals surface area contributed by atoms with Gasteiger partial charge in [0.15, 0.2) is 5.78 Å². The third-order valence-electron chi connectivity index (χ3n) is 6.75. The number of Topliss-reactive ketones (excluding diaryl/α,β-unsaturated/α-hetero) is 1. The molecule has 5 rings (SSSR count). The number of nitrogens with zero attached hydrogens (tertiary/aromatic N) is 2. The van der Waals surface area contributed by atoms with Crippen molar-refractivity contribution in [3.05, 3.63) is 108 Å². The summed E-state index contributed by atoms with van der Waals surface area (Å²) in [7, 11) is 0. The number of hydrogen-bond acceptors (Lipinski definition) is 5. The van der Waals surface area contributed by atoms with Gasteiger partial charge < -0.3 is 14.4 Å². The van der Waals surface area contributed by atoms with E-state index in [1.807, 2.05) is 35.2 Å². The Morgan fingerprint density at radius 1 is 0.973 bits per heavy atom. The molecule has 0 atom stereocenters. The third kappa shape index (κ3) is 5.29. The molecule has 1 aliphatic rings. The maximum atomic E-state index is 13.6. The molecular formula is C29H25F3N2O3. The molecule has 0 amide bonds. The molecule has 2 aromatic carbocycles. The van der Waals surface area contributed by atoms with E-state index in [0.717, 1.165) is 11.6 Å². The highest BCUT2D eigenvalue weighted by Crippen LogP contribution is 2.38. The number of carbonyl (C=O) groups excluding carboxylic acids is 1. The molecular weight excluding hydrogens is 481 g/mol. The number of hydrogen-bond donors (Lipinski definition) is 1. The molecule has 0 spiro atoms. The maximum absolute atomic E-state index is 13.6. The Morgan fingerprint density at radius 2 is 1.62 bits per heavy atom. The number of aliphatic hydroxyl groups is 1. The molecule has 2 aromatic heterocycles. The minimum Gasteiger partial charge on any atom is -0.451 e. The van der Waals surface area contributed by atoms with Gasteiger partial charge in [0.05, 0.1) is 11.2 Å². The number of ketones is 1. The molecule has 4 aromatic rings. The summed E-state index contributed by atoms with van der Waals surface area (Å²) in [5, 5.41) is 11.0. The average Bonchev–Trinajstić information content (AvgIpc) is 3.38. The van der Waals surface area contributed by atoms with Gasteiger partial charge in [0.2, 0.25) is 5.76 Å². The molecule has 3 heterocycles. The van der Waals surface area contributed by atoms with Crippen LogP contribution in [0.15, 0.2) is 89.5 Å². The molecule has 0 aliphatic carbocycles. The van der Waals surface area contributed by atoms with Gasteiger partial charge in [-0.05, 0) is 36.1 Å². The fourth-order valence-corrected chi connectivity index (χ4v) is 4.69. The molecule has 0 bridgehead atoms. The maximum Gasteiger partial charge on any atom is 0.450 e. The lowest BCUT2D eigenvalue weighted by molar-refractivity contribution is -0.153. The molecule has 0 unspecified atom stereocenters. The zero-order valence-corrected chi connectivity index (χ0v) is 19.9. The highest BCUT2D eigenvalue weighted by atomic mass is 19.4. The Kier molecular flexibility index (Phi) is 6.60. The van der Waals surface area contributed by atoms with Crippen molar-refractivity contribution in [2.45, 2.75) is 31.0 Å². The van der Waals surface area contributed by atoms with Crippen molar-refractivity contribution in [3.8, 4) is 11.3 Å². The first-order valence-corrected chi connectivity index (χ1v) is 12.0. The van der Waals surface area contributed by atoms with Crippen molar-refractivity contribution in [2.75, 3.05) is 18.0 Å². The quantitative estimate of drug-likeness (QED) is 0.312. The molecule has 8 heteroatoms. The lowest BCUT2D eigenvalue weighted by Crippen LogP contribution is -2.42. The van der Waals surface area contributed by atoms with Gasteiger partial charge in [-0.15, -0.1) is 0 Å². The van der Waals surface area contributed by atoms with Gasteiger partial charge >= 0.3 is 6.18 Å². The largest absolute Gasteiger partial charge is 0.451 e. The van der Waals surface area contributed by atoms with E-state index in [-0.39, 0.29) is 12.2 Å². The summed E-state index contributed by atoms with van der Waals surface area (Å²) in [4.78, 5) is 19.4. The van der Waals surface area contributed by atoms with Gasteiger partial charge in [-0.2, -0.15) is 13.2 Å². The Morgan fingerprint density at radius 3 is 2.22 bits per heavy atom. The van der Waals surface area contributed by atoms with E-state index in [2.05, 4.69) is 4.98 Å². The van der Waals surface area contributed by atoms with Gasteiger partial charge in [-0.1, -0.05) is 66.7 Å². The van der Waals surface area contributed by atoms with Crippen LogP contribution in [0.2, 0.25) is 0 Å². The van der Waals surface area contributed by atoms with Crippen molar-refractivity contribution < 1.29 is 27.5 Å². The van der Waals surface area contributed by atoms with E-state index in [9.17, 15) is 23.1 Å². The van der Waals surface area contributed by atoms with E-state index in [0.29, 0.717) is 42.9 Å². The number of benzene rings is 2. The van der Waals surface area contributed by atoms with Gasteiger partial charge in [-0.3, -0.25) is 4.79 Å². The van der Waals surface area contributed by atoms with Gasteiger partial charge in [0.1, 0.15) is 11.6 Å². The van der Waals surface area contributed by atoms with Crippen LogP contribution in [-0.4, -0.2) is 29.0 Å². The Hall–Kier alpha value is -3.91. The monoisotopic (exact) mass is 506 g/mol. The van der Waals surface area contributed by atoms with Crippen LogP contribution in [0, 0.1) is 0 Å². The Balaban J connectivity index is 1.28. The van der Waals surface area contributed by atoms with Crippen LogP contribution in [0.25, 0.3) is 11.3 Å². The number of alkyl halides is 3. The minimum atomic E-state index is -4.80. The van der Waals surface area contributed by atoms with Crippen LogP contribution in [0.5, 0.6) is 0 Å². The fourth-order valence-electron chi connectivity index (χ4n) is 4.69. The Labute approximate surface area is 212 Å². The number of aromatic nitrogens is 1. The first kappa shape index (κ1) is 24.8. The van der Waals surface area contributed by atoms with Crippen molar-refractivity contribution >= 4 is 11.6 Å². The number of furan rings is 1. The molecule has 1 saturated heterocycles. The highest BCUT2D eigenvalue weighted by molar-refractivity contribution is 5.99. The standard InChI is InChI=1S/C29H25F3N2O3/c30-29(31,32)27-23(18-25(37-27)21-7-3-1-4-8-21)24(35)17-20-11-12-26(33-19-20)34-15-13-28(36,14-16-34)22-9-5-2-6-10-22/h1-12,18-19,36H,13-17H2. The number of carbonyl (C=O) groups is 1. The van der Waals surface area contributed by atoms with E-state index in [4.69, 9.17) is 4.42 Å². The lowest BCUT2D eigenvalue weighted by atomic mass is 9.84. The second-order valence-corrected chi connectivity index (χ2v) is 9.23. The van der Waals surface area contributed by atoms with Gasteiger partial charge in [-0.25, -0.2) is 4.98 Å². The van der Waals surface area contributed by atoms with E-state index >= 15 is 0 Å². The van der Waals surface area contributed by atoms with Crippen molar-refractivity contribution in [2.24, 2.45) is 0 Å². The molecule has 1 N–H and O–H groups in total. The topological polar surface area (TPSA) is 66.6 Å². The zero-order valence-electron chi connectivity index (χ0n) is 19.9. The van der Waals surface area contributed by atoms with Crippen molar-refractivity contribution in [3.63, 3.8) is 0 Å². The summed E-state index contributed by atoms with van der Waals surface area (Å²) in [6, 6.07) is 22.5. The summed E-state index contributed by atoms with van der Waals surface area (Å²) >= 11 is 0. The minimum absolute atomic E-state index is 0.00897. The first-order valence-electron chi connectivity index (χ1n) is 12.0. The molecule has 0 radical (unpaired) electrons. The number of rotatable bonds is 6. The Bertz CT molecular complexity index is 1360. The van der Waals surface area contributed by atoms with Crippen LogP contribution in [0.1, 0.15) is 40.1 Å². The zero-order chi connectivity index (χ0) is 26.0. The molecule has 37 heavy (non-hydrogen) atoms. The smallest absolute Gasteiger partial charge is 0.450 e. The normalized spacial score (nSPS) is 15.5. The van der Waals surface area contributed by atoms with E-state index in [1.165, 1.54) is 6.20 Å². The van der Waals surface area contributed by atoms with Crippen LogP contribution >= 0.6 is 0 Å². The summed E-state index contributed by atoms with van der Waals surface area (Å²) in [6.45, 7) is 1.20. The molecule has 1 aliphatic heterocycles. The highest BCUT2D eigenvalue weighted by Gasteiger charge is 2.40. The van der Waals surface area contributed by atoms with Crippen molar-refractivity contribution in [1.82, 2.24) is 4.98 Å². The molecule has 0 saturated carbocycles. The fraction of sp³-hybridized carbons (Fsp3) is 0.241. The van der Waals surface area contributed by atoms with Crippen LogP contribution in [0.4, 0.5) is 19.0 Å². The third-order valence-corrected chi connectivity index (χ3v) is 6.75. The lowest BCUT2D eigenvalue weighted by Gasteiger charge is -2.39.